The smallest absolute Gasteiger partial charge is 0.321 e. The van der Waals surface area contributed by atoms with E-state index in [1.165, 1.54) is 24.3 Å². The van der Waals surface area contributed by atoms with Crippen molar-refractivity contribution in [1.82, 2.24) is 0 Å². The summed E-state index contributed by atoms with van der Waals surface area (Å²) in [6.07, 6.45) is -8.89. The first-order chi connectivity index (χ1) is 16.8. The van der Waals surface area contributed by atoms with Crippen LogP contribution in [-0.4, -0.2) is 36.8 Å². The number of hydrogen-bond donors (Lipinski definition) is 0. The summed E-state index contributed by atoms with van der Waals surface area (Å²) in [4.78, 5) is 13.5. The molecule has 36 heavy (non-hydrogen) atoms. The molecule has 2 aliphatic rings. The van der Waals surface area contributed by atoms with Gasteiger partial charge in [-0.25, -0.2) is 0 Å². The Balaban J connectivity index is 1.74. The molecule has 2 aromatic carbocycles. The maximum absolute atomic E-state index is 13.1. The number of hydrogen-bond acceptors (Lipinski definition) is 4. The molecule has 0 radical (unpaired) electrons. The average molecular weight is 511 g/mol. The normalized spacial score (nSPS) is 21.0. The number of halogens is 6. The molecule has 0 bridgehead atoms. The van der Waals surface area contributed by atoms with Crippen molar-refractivity contribution in [2.24, 2.45) is 21.8 Å². The zero-order valence-corrected chi connectivity index (χ0v) is 20.4. The lowest BCUT2D eigenvalue weighted by atomic mass is 10.1. The van der Waals surface area contributed by atoms with Gasteiger partial charge in [0.1, 0.15) is 0 Å². The highest BCUT2D eigenvalue weighted by atomic mass is 19.4. The van der Waals surface area contributed by atoms with Crippen LogP contribution in [0.5, 0.6) is 0 Å². The van der Waals surface area contributed by atoms with E-state index in [2.05, 4.69) is 0 Å². The molecule has 0 aliphatic carbocycles. The highest BCUT2D eigenvalue weighted by Gasteiger charge is 2.39. The van der Waals surface area contributed by atoms with Crippen LogP contribution in [0.15, 0.2) is 58.5 Å². The molecule has 0 amide bonds. The van der Waals surface area contributed by atoms with E-state index >= 15 is 0 Å². The highest BCUT2D eigenvalue weighted by Crippen LogP contribution is 2.35. The fraction of sp³-hybridized carbons (Fsp3) is 0.462. The summed E-state index contributed by atoms with van der Waals surface area (Å²) in [7, 11) is 0. The number of nitrogens with zero attached hydrogens (tertiary/aromatic N) is 4. The first kappa shape index (κ1) is 26.0. The zero-order chi connectivity index (χ0) is 26.4. The Bertz CT molecular complexity index is 1040. The van der Waals surface area contributed by atoms with Crippen LogP contribution < -0.4 is 9.80 Å². The van der Waals surface area contributed by atoms with Crippen molar-refractivity contribution in [1.29, 1.82) is 0 Å². The van der Waals surface area contributed by atoms with Gasteiger partial charge in [0.15, 0.2) is 11.7 Å². The fourth-order valence-corrected chi connectivity index (χ4v) is 4.28. The molecule has 0 fully saturated rings. The number of anilines is 2. The van der Waals surface area contributed by atoms with Gasteiger partial charge in [0, 0.05) is 24.5 Å². The predicted molar refractivity (Wildman–Crippen MR) is 130 cm³/mol. The van der Waals surface area contributed by atoms with Crippen molar-refractivity contribution < 1.29 is 26.3 Å². The Morgan fingerprint density at radius 1 is 0.611 bits per heavy atom. The molecule has 2 unspecified atom stereocenters. The number of aliphatic imine (C=N–C) groups is 2. The molecule has 0 spiro atoms. The molecule has 2 atom stereocenters. The van der Waals surface area contributed by atoms with E-state index in [9.17, 15) is 26.3 Å². The van der Waals surface area contributed by atoms with Crippen molar-refractivity contribution in [3.63, 3.8) is 0 Å². The van der Waals surface area contributed by atoms with Crippen LogP contribution in [-0.2, 0) is 12.4 Å². The Hall–Kier alpha value is -3.04. The molecule has 4 rings (SSSR count). The first-order valence-corrected chi connectivity index (χ1v) is 11.8. The van der Waals surface area contributed by atoms with Crippen LogP contribution in [0.25, 0.3) is 0 Å². The third-order valence-electron chi connectivity index (χ3n) is 6.58. The number of amidine groups is 2. The third kappa shape index (κ3) is 5.22. The lowest BCUT2D eigenvalue weighted by Gasteiger charge is -2.27. The van der Waals surface area contributed by atoms with Gasteiger partial charge in [-0.1, -0.05) is 27.7 Å². The lowest BCUT2D eigenvalue weighted by Crippen LogP contribution is -2.42. The Labute approximate surface area is 206 Å². The predicted octanol–water partition coefficient (Wildman–Crippen LogP) is 6.91. The zero-order valence-electron chi connectivity index (χ0n) is 20.4. The Kier molecular flexibility index (Phi) is 6.83. The second-order valence-electron chi connectivity index (χ2n) is 9.84. The van der Waals surface area contributed by atoms with Crippen LogP contribution in [0.2, 0.25) is 0 Å². The molecule has 2 aliphatic heterocycles. The Morgan fingerprint density at radius 2 is 0.917 bits per heavy atom. The molecule has 2 aromatic rings. The molecule has 0 N–H and O–H groups in total. The van der Waals surface area contributed by atoms with E-state index in [-0.39, 0.29) is 23.9 Å². The van der Waals surface area contributed by atoms with Crippen LogP contribution >= 0.6 is 0 Å². The molecular formula is C26H28F6N4. The highest BCUT2D eigenvalue weighted by molar-refractivity contribution is 6.50. The molecular weight excluding hydrogens is 482 g/mol. The minimum absolute atomic E-state index is 0.113. The second kappa shape index (κ2) is 9.44. The van der Waals surface area contributed by atoms with Gasteiger partial charge in [0.25, 0.3) is 0 Å². The van der Waals surface area contributed by atoms with E-state index in [0.717, 1.165) is 24.3 Å². The summed E-state index contributed by atoms with van der Waals surface area (Å²) in [5.74, 6) is 1.36. The van der Waals surface area contributed by atoms with Gasteiger partial charge in [0.05, 0.1) is 23.2 Å². The van der Waals surface area contributed by atoms with Gasteiger partial charge in [-0.15, -0.1) is 0 Å². The fourth-order valence-electron chi connectivity index (χ4n) is 4.28. The summed E-state index contributed by atoms with van der Waals surface area (Å²) in [6, 6.07) is 9.59. The topological polar surface area (TPSA) is 31.2 Å². The quantitative estimate of drug-likeness (QED) is 0.410. The van der Waals surface area contributed by atoms with Gasteiger partial charge in [0.2, 0.25) is 0 Å². The van der Waals surface area contributed by atoms with Crippen LogP contribution in [0.1, 0.15) is 38.8 Å². The second-order valence-corrected chi connectivity index (χ2v) is 9.84. The van der Waals surface area contributed by atoms with E-state index < -0.39 is 23.5 Å². The standard InChI is InChI=1S/C26H28F6N4/c1-15(2)21-13-35(19-9-5-17(6-10-19)25(27,28)29)23(33-21)24-34-22(16(3)4)14-36(24)20-11-7-18(8-12-20)26(30,31)32/h5-12,15-16,21-22H,13-14H2,1-4H3. The molecule has 10 heteroatoms. The third-order valence-corrected chi connectivity index (χ3v) is 6.58. The van der Waals surface area contributed by atoms with E-state index in [4.69, 9.17) is 9.98 Å². The molecule has 194 valence electrons. The summed E-state index contributed by atoms with van der Waals surface area (Å²) in [5.41, 5.74) is -0.386. The molecule has 2 heterocycles. The monoisotopic (exact) mass is 510 g/mol. The van der Waals surface area contributed by atoms with Gasteiger partial charge >= 0.3 is 12.4 Å². The van der Waals surface area contributed by atoms with E-state index in [1.807, 2.05) is 37.5 Å². The van der Waals surface area contributed by atoms with Gasteiger partial charge in [-0.05, 0) is 60.4 Å². The average Bonchev–Trinajstić information content (AvgIpc) is 3.43. The van der Waals surface area contributed by atoms with Crippen LogP contribution in [0.4, 0.5) is 37.7 Å². The van der Waals surface area contributed by atoms with Crippen molar-refractivity contribution in [2.75, 3.05) is 22.9 Å². The minimum Gasteiger partial charge on any atom is -0.321 e. The van der Waals surface area contributed by atoms with E-state index in [0.29, 0.717) is 36.1 Å². The van der Waals surface area contributed by atoms with Gasteiger partial charge < -0.3 is 9.80 Å². The lowest BCUT2D eigenvalue weighted by molar-refractivity contribution is -0.138. The number of rotatable bonds is 5. The molecule has 0 saturated carbocycles. The first-order valence-electron chi connectivity index (χ1n) is 11.8. The summed E-state index contributed by atoms with van der Waals surface area (Å²) in [6.45, 7) is 8.99. The van der Waals surface area contributed by atoms with E-state index in [1.54, 1.807) is 0 Å². The SMILES string of the molecule is CC(C)C1CN(c2ccc(C(F)(F)F)cc2)C(C2=NC(C(C)C)CN2c2ccc(C(F)(F)F)cc2)=N1. The summed E-state index contributed by atoms with van der Waals surface area (Å²) < 4.78 is 78.7. The van der Waals surface area contributed by atoms with Crippen LogP contribution in [0.3, 0.4) is 0 Å². The number of benzene rings is 2. The maximum atomic E-state index is 13.1. The molecule has 0 saturated heterocycles. The van der Waals surface area contributed by atoms with Gasteiger partial charge in [-0.2, -0.15) is 26.3 Å². The summed E-state index contributed by atoms with van der Waals surface area (Å²) >= 11 is 0. The van der Waals surface area contributed by atoms with Crippen molar-refractivity contribution >= 4 is 23.0 Å². The molecule has 4 nitrogen and oxygen atoms in total. The van der Waals surface area contributed by atoms with Gasteiger partial charge in [-0.3, -0.25) is 9.98 Å². The van der Waals surface area contributed by atoms with Crippen LogP contribution in [0, 0.1) is 11.8 Å². The summed E-state index contributed by atoms with van der Waals surface area (Å²) in [5, 5.41) is 0. The minimum atomic E-state index is -4.44. The van der Waals surface area contributed by atoms with Crippen molar-refractivity contribution in [3.05, 3.63) is 59.7 Å². The Morgan fingerprint density at radius 3 is 1.17 bits per heavy atom. The van der Waals surface area contributed by atoms with Crippen molar-refractivity contribution in [2.45, 2.75) is 52.1 Å². The maximum Gasteiger partial charge on any atom is 0.416 e. The number of alkyl halides is 6. The molecule has 0 aromatic heterocycles. The van der Waals surface area contributed by atoms with Crippen molar-refractivity contribution in [3.8, 4) is 0 Å². The largest absolute Gasteiger partial charge is 0.416 e.